The van der Waals surface area contributed by atoms with Crippen molar-refractivity contribution in [2.24, 2.45) is 0 Å². The van der Waals surface area contributed by atoms with Gasteiger partial charge < -0.3 is 10.3 Å². The summed E-state index contributed by atoms with van der Waals surface area (Å²) in [6, 6.07) is 13.9. The Labute approximate surface area is 190 Å². The number of hydrogen-bond acceptors (Lipinski definition) is 4. The van der Waals surface area contributed by atoms with Crippen LogP contribution in [0.5, 0.6) is 0 Å². The summed E-state index contributed by atoms with van der Waals surface area (Å²) < 4.78 is 14.2. The Morgan fingerprint density at radius 1 is 1.09 bits per heavy atom. The zero-order chi connectivity index (χ0) is 22.4. The highest BCUT2D eigenvalue weighted by Gasteiger charge is 2.38. The minimum atomic E-state index is -0.371. The second kappa shape index (κ2) is 8.08. The molecule has 33 heavy (non-hydrogen) atoms. The molecule has 2 aliphatic rings. The number of halogens is 1. The first-order chi connectivity index (χ1) is 16.2. The number of rotatable bonds is 4. The summed E-state index contributed by atoms with van der Waals surface area (Å²) in [5.74, 6) is -0.516. The van der Waals surface area contributed by atoms with Gasteiger partial charge in [-0.15, -0.1) is 0 Å². The lowest BCUT2D eigenvalue weighted by Gasteiger charge is -2.30. The van der Waals surface area contributed by atoms with Crippen LogP contribution in [0.3, 0.4) is 0 Å². The molecule has 0 bridgehead atoms. The molecular formula is C26H24FN5O. The van der Waals surface area contributed by atoms with Crippen LogP contribution in [0, 0.1) is 5.82 Å². The van der Waals surface area contributed by atoms with E-state index in [1.165, 1.54) is 30.2 Å². The Balaban J connectivity index is 1.26. The van der Waals surface area contributed by atoms with Crippen LogP contribution >= 0.6 is 0 Å². The molecule has 1 fully saturated rings. The van der Waals surface area contributed by atoms with Crippen molar-refractivity contribution in [2.45, 2.75) is 31.3 Å². The highest BCUT2D eigenvalue weighted by Crippen LogP contribution is 2.36. The van der Waals surface area contributed by atoms with Crippen LogP contribution < -0.4 is 5.32 Å². The molecule has 1 aromatic carbocycles. The molecule has 6 rings (SSSR count). The molecule has 0 radical (unpaired) electrons. The van der Waals surface area contributed by atoms with Crippen LogP contribution in [0.15, 0.2) is 61.1 Å². The van der Waals surface area contributed by atoms with Gasteiger partial charge in [-0.2, -0.15) is 0 Å². The first-order valence-electron chi connectivity index (χ1n) is 11.4. The fourth-order valence-corrected chi connectivity index (χ4v) is 5.30. The summed E-state index contributed by atoms with van der Waals surface area (Å²) in [5, 5.41) is 3.68. The summed E-state index contributed by atoms with van der Waals surface area (Å²) in [7, 11) is 0. The van der Waals surface area contributed by atoms with Gasteiger partial charge in [0.2, 0.25) is 0 Å². The van der Waals surface area contributed by atoms with Gasteiger partial charge in [0.1, 0.15) is 5.65 Å². The van der Waals surface area contributed by atoms with Gasteiger partial charge in [-0.05, 0) is 61.7 Å². The van der Waals surface area contributed by atoms with Crippen molar-refractivity contribution in [3.05, 3.63) is 83.6 Å². The first kappa shape index (κ1) is 20.1. The molecule has 7 heteroatoms. The van der Waals surface area contributed by atoms with E-state index in [-0.39, 0.29) is 23.8 Å². The number of carbonyl (C=O) groups excluding carboxylic acids is 1. The molecule has 0 saturated carbocycles. The van der Waals surface area contributed by atoms with Crippen molar-refractivity contribution < 1.29 is 9.18 Å². The molecule has 4 heterocycles. The molecule has 4 aromatic rings. The molecule has 3 aromatic heterocycles. The normalized spacial score (nSPS) is 20.3. The summed E-state index contributed by atoms with van der Waals surface area (Å²) in [6.45, 7) is 2.16. The summed E-state index contributed by atoms with van der Waals surface area (Å²) in [5.41, 5.74) is 4.71. The van der Waals surface area contributed by atoms with Crippen molar-refractivity contribution in [3.63, 3.8) is 0 Å². The quantitative estimate of drug-likeness (QED) is 0.496. The maximum absolute atomic E-state index is 14.2. The number of nitrogens with zero attached hydrogens (tertiary/aromatic N) is 3. The minimum absolute atomic E-state index is 0.0414. The van der Waals surface area contributed by atoms with Gasteiger partial charge in [0.15, 0.2) is 5.82 Å². The number of aromatic nitrogens is 3. The Hall–Kier alpha value is -3.58. The van der Waals surface area contributed by atoms with Gasteiger partial charge in [-0.1, -0.05) is 24.3 Å². The van der Waals surface area contributed by atoms with Crippen molar-refractivity contribution in [1.82, 2.24) is 25.2 Å². The van der Waals surface area contributed by atoms with Crippen molar-refractivity contribution in [1.29, 1.82) is 0 Å². The first-order valence-corrected chi connectivity index (χ1v) is 11.4. The largest absolute Gasteiger partial charge is 0.344 e. The molecule has 2 atom stereocenters. The maximum atomic E-state index is 14.2. The van der Waals surface area contributed by atoms with E-state index in [1.807, 2.05) is 6.07 Å². The van der Waals surface area contributed by atoms with Gasteiger partial charge >= 0.3 is 0 Å². The topological polar surface area (TPSA) is 73.9 Å². The molecule has 0 unspecified atom stereocenters. The van der Waals surface area contributed by atoms with Gasteiger partial charge in [0.05, 0.1) is 22.7 Å². The van der Waals surface area contributed by atoms with Crippen LogP contribution in [0.1, 0.15) is 40.4 Å². The lowest BCUT2D eigenvalue weighted by atomic mass is 10.0. The number of amides is 1. The maximum Gasteiger partial charge on any atom is 0.253 e. The van der Waals surface area contributed by atoms with E-state index in [4.69, 9.17) is 0 Å². The third-order valence-corrected chi connectivity index (χ3v) is 6.93. The van der Waals surface area contributed by atoms with Crippen LogP contribution in [-0.2, 0) is 6.42 Å². The van der Waals surface area contributed by atoms with Gasteiger partial charge in [0.25, 0.3) is 5.91 Å². The summed E-state index contributed by atoms with van der Waals surface area (Å²) in [4.78, 5) is 27.2. The van der Waals surface area contributed by atoms with Gasteiger partial charge in [0, 0.05) is 30.2 Å². The molecule has 6 nitrogen and oxygen atoms in total. The number of hydrogen-bond donors (Lipinski definition) is 2. The fraction of sp³-hybridized carbons (Fsp3) is 0.269. The van der Waals surface area contributed by atoms with E-state index in [0.717, 1.165) is 19.5 Å². The second-order valence-corrected chi connectivity index (χ2v) is 8.82. The van der Waals surface area contributed by atoms with Crippen molar-refractivity contribution >= 4 is 16.9 Å². The summed E-state index contributed by atoms with van der Waals surface area (Å²) >= 11 is 0. The average Bonchev–Trinajstić information content (AvgIpc) is 3.59. The standard InChI is InChI=1S/C26H24FN5O/c27-20-15-30-25-23(20)19(9-10-28-25)21-8-7-17(14-29-21)26(33)31-24-18-6-2-1-5-16(18)13-22(24)32-11-3-4-12-32/h1-2,5-10,14-15,22,24H,3-4,11-13H2,(H,28,30)(H,31,33)/t22-,24-/m1/s1. The predicted molar refractivity (Wildman–Crippen MR) is 124 cm³/mol. The lowest BCUT2D eigenvalue weighted by Crippen LogP contribution is -2.43. The zero-order valence-electron chi connectivity index (χ0n) is 18.1. The van der Waals surface area contributed by atoms with Crippen LogP contribution in [0.4, 0.5) is 4.39 Å². The minimum Gasteiger partial charge on any atom is -0.344 e. The third-order valence-electron chi connectivity index (χ3n) is 6.93. The molecule has 1 aliphatic heterocycles. The SMILES string of the molecule is O=C(N[C@@H]1c2ccccc2C[C@H]1N1CCCC1)c1ccc(-c2ccnc3[nH]cc(F)c23)nc1. The van der Waals surface area contributed by atoms with Crippen LogP contribution in [-0.4, -0.2) is 44.9 Å². The summed E-state index contributed by atoms with van der Waals surface area (Å²) in [6.07, 6.45) is 7.85. The van der Waals surface area contributed by atoms with E-state index in [1.54, 1.807) is 30.6 Å². The fourth-order valence-electron chi connectivity index (χ4n) is 5.30. The van der Waals surface area contributed by atoms with Gasteiger partial charge in [-0.3, -0.25) is 14.7 Å². The number of pyridine rings is 2. The highest BCUT2D eigenvalue weighted by molar-refractivity contribution is 5.96. The van der Waals surface area contributed by atoms with Crippen LogP contribution in [0.2, 0.25) is 0 Å². The average molecular weight is 442 g/mol. The second-order valence-electron chi connectivity index (χ2n) is 8.82. The predicted octanol–water partition coefficient (Wildman–Crippen LogP) is 4.26. The lowest BCUT2D eigenvalue weighted by molar-refractivity contribution is 0.0906. The number of aromatic amines is 1. The third kappa shape index (κ3) is 3.49. The molecule has 1 amide bonds. The van der Waals surface area contributed by atoms with Crippen LogP contribution in [0.25, 0.3) is 22.3 Å². The molecule has 1 aliphatic carbocycles. The monoisotopic (exact) mass is 441 g/mol. The van der Waals surface area contributed by atoms with E-state index < -0.39 is 0 Å². The number of nitrogens with one attached hydrogen (secondary N) is 2. The van der Waals surface area contributed by atoms with E-state index in [9.17, 15) is 9.18 Å². The van der Waals surface area contributed by atoms with Crippen molar-refractivity contribution in [2.75, 3.05) is 13.1 Å². The number of H-pyrrole nitrogens is 1. The number of likely N-dealkylation sites (tertiary alicyclic amines) is 1. The molecule has 0 spiro atoms. The molecular weight excluding hydrogens is 417 g/mol. The Kier molecular flexibility index (Phi) is 4.91. The van der Waals surface area contributed by atoms with E-state index in [2.05, 4.69) is 43.4 Å². The van der Waals surface area contributed by atoms with Crippen molar-refractivity contribution in [3.8, 4) is 11.3 Å². The Morgan fingerprint density at radius 2 is 1.94 bits per heavy atom. The molecule has 166 valence electrons. The van der Waals surface area contributed by atoms with E-state index in [0.29, 0.717) is 27.9 Å². The highest BCUT2D eigenvalue weighted by atomic mass is 19.1. The van der Waals surface area contributed by atoms with E-state index >= 15 is 0 Å². The number of benzene rings is 1. The molecule has 1 saturated heterocycles. The number of carbonyl (C=O) groups is 1. The Bertz CT molecular complexity index is 1330. The van der Waals surface area contributed by atoms with Gasteiger partial charge in [-0.25, -0.2) is 9.37 Å². The smallest absolute Gasteiger partial charge is 0.253 e. The zero-order valence-corrected chi connectivity index (χ0v) is 18.1. The Morgan fingerprint density at radius 3 is 2.76 bits per heavy atom. The number of fused-ring (bicyclic) bond motifs is 2. The molecule has 2 N–H and O–H groups in total.